The van der Waals surface area contributed by atoms with E-state index in [1.165, 1.54) is 12.1 Å². The van der Waals surface area contributed by atoms with Crippen LogP contribution in [0.4, 0.5) is 21.9 Å². The first-order valence-corrected chi connectivity index (χ1v) is 14.7. The smallest absolute Gasteiger partial charge is 0.331 e. The number of ether oxygens (including phenoxy) is 1. The van der Waals surface area contributed by atoms with Gasteiger partial charge in [-0.3, -0.25) is 9.80 Å². The summed E-state index contributed by atoms with van der Waals surface area (Å²) < 4.78 is 34.3. The molecule has 3 aromatic rings. The minimum Gasteiger partial charge on any atom is -0.504 e. The maximum Gasteiger partial charge on any atom is 0.331 e. The molecule has 9 nitrogen and oxygen atoms in total. The van der Waals surface area contributed by atoms with E-state index in [2.05, 4.69) is 14.9 Å². The Hall–Kier alpha value is -2.57. The Balaban J connectivity index is 1.64. The monoisotopic (exact) mass is 612 g/mol. The zero-order valence-corrected chi connectivity index (χ0v) is 23.8. The molecule has 1 heterocycles. The van der Waals surface area contributed by atoms with Crippen LogP contribution >= 0.6 is 34.8 Å². The average Bonchev–Trinajstić information content (AvgIpc) is 2.91. The van der Waals surface area contributed by atoms with Crippen molar-refractivity contribution in [3.05, 3.63) is 75.7 Å². The molecule has 1 fully saturated rings. The molecule has 1 aliphatic heterocycles. The molecule has 208 valence electrons. The molecule has 0 aliphatic carbocycles. The lowest BCUT2D eigenvalue weighted by Gasteiger charge is -2.27. The van der Waals surface area contributed by atoms with Gasteiger partial charge < -0.3 is 15.2 Å². The minimum absolute atomic E-state index is 0.126. The van der Waals surface area contributed by atoms with E-state index in [0.717, 1.165) is 18.0 Å². The predicted octanol–water partition coefficient (Wildman–Crippen LogP) is 5.72. The number of amides is 2. The van der Waals surface area contributed by atoms with E-state index in [9.17, 15) is 18.3 Å². The summed E-state index contributed by atoms with van der Waals surface area (Å²) in [6, 6.07) is 14.9. The number of hydrogen-bond donors (Lipinski definition) is 3. The predicted molar refractivity (Wildman–Crippen MR) is 154 cm³/mol. The van der Waals surface area contributed by atoms with E-state index in [0.29, 0.717) is 31.9 Å². The van der Waals surface area contributed by atoms with Gasteiger partial charge in [0.1, 0.15) is 4.90 Å². The fourth-order valence-corrected chi connectivity index (χ4v) is 6.20. The molecule has 0 saturated carbocycles. The summed E-state index contributed by atoms with van der Waals surface area (Å²) in [5.74, 6) is -0.711. The van der Waals surface area contributed by atoms with Gasteiger partial charge in [-0.2, -0.15) is 0 Å². The second-order valence-electron chi connectivity index (χ2n) is 8.65. The molecule has 3 N–H and O–H groups in total. The summed E-state index contributed by atoms with van der Waals surface area (Å²) in [5, 5.41) is 14.2. The number of nitrogens with one attached hydrogen (secondary N) is 2. The molecule has 0 bridgehead atoms. The number of hydrogen-bond acceptors (Lipinski definition) is 6. The van der Waals surface area contributed by atoms with Crippen molar-refractivity contribution >= 4 is 67.9 Å². The highest BCUT2D eigenvalue weighted by Crippen LogP contribution is 2.43. The number of phenolic OH excluding ortho intramolecular Hbond substituents is 1. The third kappa shape index (κ3) is 7.15. The number of carbonyl (C=O) groups is 1. The van der Waals surface area contributed by atoms with Gasteiger partial charge in [-0.1, -0.05) is 59.1 Å². The topological polar surface area (TPSA) is 111 Å². The van der Waals surface area contributed by atoms with Crippen LogP contribution in [0.2, 0.25) is 15.1 Å². The zero-order valence-electron chi connectivity index (χ0n) is 20.7. The van der Waals surface area contributed by atoms with Crippen molar-refractivity contribution in [2.45, 2.75) is 11.3 Å². The van der Waals surface area contributed by atoms with Crippen LogP contribution in [0.25, 0.3) is 0 Å². The van der Waals surface area contributed by atoms with Crippen LogP contribution in [-0.2, 0) is 14.8 Å². The van der Waals surface area contributed by atoms with Crippen molar-refractivity contribution in [1.82, 2.24) is 9.62 Å². The summed E-state index contributed by atoms with van der Waals surface area (Å²) in [7, 11) is -4.25. The zero-order chi connectivity index (χ0) is 28.0. The number of carbonyl (C=O) groups excluding carboxylic acids is 1. The van der Waals surface area contributed by atoms with Gasteiger partial charge in [0.2, 0.25) is 10.0 Å². The van der Waals surface area contributed by atoms with Gasteiger partial charge in [-0.25, -0.2) is 17.9 Å². The van der Waals surface area contributed by atoms with Crippen LogP contribution in [0.15, 0.2) is 65.6 Å². The van der Waals surface area contributed by atoms with Crippen LogP contribution in [0.1, 0.15) is 6.42 Å². The summed E-state index contributed by atoms with van der Waals surface area (Å²) in [5.41, 5.74) is 0.360. The highest BCUT2D eigenvalue weighted by Gasteiger charge is 2.30. The Morgan fingerprint density at radius 2 is 1.59 bits per heavy atom. The van der Waals surface area contributed by atoms with E-state index in [1.807, 2.05) is 0 Å². The fourth-order valence-electron chi connectivity index (χ4n) is 4.09. The second-order valence-corrected chi connectivity index (χ2v) is 11.6. The van der Waals surface area contributed by atoms with Crippen molar-refractivity contribution in [2.75, 3.05) is 49.6 Å². The molecule has 1 aliphatic rings. The number of para-hydroxylation sites is 2. The van der Waals surface area contributed by atoms with Crippen LogP contribution in [-0.4, -0.2) is 63.8 Å². The standard InChI is InChI=1S/C26H27Cl3N4O5S/c27-18-6-1-3-8-21(18)31-26(35)33(22-9-4-2-7-19(22)28)23-11-10-20(29)25(24(23)34)39(36,37)30-12-5-13-32-14-16-38-17-15-32/h1-4,6-11,30,34H,5,12-17H2,(H,31,35). The molecule has 13 heteroatoms. The summed E-state index contributed by atoms with van der Waals surface area (Å²) in [6.07, 6.45) is 0.545. The average molecular weight is 614 g/mol. The van der Waals surface area contributed by atoms with E-state index in [-0.39, 0.29) is 33.0 Å². The summed E-state index contributed by atoms with van der Waals surface area (Å²) in [4.78, 5) is 16.3. The molecule has 0 aromatic heterocycles. The number of morpholine rings is 1. The maximum absolute atomic E-state index is 13.6. The second kappa shape index (κ2) is 13.2. The first-order valence-electron chi connectivity index (χ1n) is 12.1. The SMILES string of the molecule is O=C(Nc1ccccc1Cl)N(c1ccccc1Cl)c1ccc(Cl)c(S(=O)(=O)NCCCN2CCOCC2)c1O. The normalized spacial score (nSPS) is 14.2. The van der Waals surface area contributed by atoms with Crippen molar-refractivity contribution in [3.63, 3.8) is 0 Å². The quantitative estimate of drug-likeness (QED) is 0.266. The number of urea groups is 1. The molecule has 0 atom stereocenters. The van der Waals surface area contributed by atoms with Gasteiger partial charge in [0.15, 0.2) is 5.75 Å². The Bertz CT molecular complexity index is 1430. The summed E-state index contributed by atoms with van der Waals surface area (Å²) >= 11 is 18.9. The Morgan fingerprint density at radius 3 is 2.28 bits per heavy atom. The number of sulfonamides is 1. The van der Waals surface area contributed by atoms with Gasteiger partial charge in [-0.05, 0) is 49.4 Å². The number of aromatic hydroxyl groups is 1. The molecular formula is C26H27Cl3N4O5S. The van der Waals surface area contributed by atoms with Crippen molar-refractivity contribution < 1.29 is 23.1 Å². The van der Waals surface area contributed by atoms with E-state index in [4.69, 9.17) is 39.5 Å². The summed E-state index contributed by atoms with van der Waals surface area (Å²) in [6.45, 7) is 3.68. The first-order chi connectivity index (χ1) is 18.7. The van der Waals surface area contributed by atoms with Crippen LogP contribution in [0.5, 0.6) is 5.75 Å². The van der Waals surface area contributed by atoms with Crippen molar-refractivity contribution in [1.29, 1.82) is 0 Å². The molecular weight excluding hydrogens is 587 g/mol. The van der Waals surface area contributed by atoms with Gasteiger partial charge in [0.05, 0.1) is 45.3 Å². The van der Waals surface area contributed by atoms with Crippen LogP contribution < -0.4 is 14.9 Å². The van der Waals surface area contributed by atoms with E-state index in [1.54, 1.807) is 48.5 Å². The van der Waals surface area contributed by atoms with Crippen molar-refractivity contribution in [2.24, 2.45) is 0 Å². The van der Waals surface area contributed by atoms with Gasteiger partial charge >= 0.3 is 6.03 Å². The number of benzene rings is 3. The van der Waals surface area contributed by atoms with Crippen LogP contribution in [0, 0.1) is 0 Å². The lowest BCUT2D eigenvalue weighted by molar-refractivity contribution is 0.0376. The first kappa shape index (κ1) is 29.4. The number of anilines is 3. The number of rotatable bonds is 9. The molecule has 1 saturated heterocycles. The maximum atomic E-state index is 13.6. The number of halogens is 3. The number of phenols is 1. The third-order valence-electron chi connectivity index (χ3n) is 6.03. The largest absolute Gasteiger partial charge is 0.504 e. The molecule has 0 unspecified atom stereocenters. The number of nitrogens with zero attached hydrogens (tertiary/aromatic N) is 2. The van der Waals surface area contributed by atoms with Crippen molar-refractivity contribution in [3.8, 4) is 5.75 Å². The molecule has 0 radical (unpaired) electrons. The van der Waals surface area contributed by atoms with Gasteiger partial charge in [0, 0.05) is 19.6 Å². The van der Waals surface area contributed by atoms with E-state index < -0.39 is 26.7 Å². The van der Waals surface area contributed by atoms with E-state index >= 15 is 0 Å². The molecule has 39 heavy (non-hydrogen) atoms. The Labute approximate surface area is 242 Å². The molecule has 2 amide bonds. The minimum atomic E-state index is -4.25. The third-order valence-corrected chi connectivity index (χ3v) is 8.64. The highest BCUT2D eigenvalue weighted by molar-refractivity contribution is 7.89. The Kier molecular flexibility index (Phi) is 9.95. The van der Waals surface area contributed by atoms with Gasteiger partial charge in [-0.15, -0.1) is 0 Å². The van der Waals surface area contributed by atoms with Crippen LogP contribution in [0.3, 0.4) is 0 Å². The Morgan fingerprint density at radius 1 is 0.923 bits per heavy atom. The van der Waals surface area contributed by atoms with Gasteiger partial charge in [0.25, 0.3) is 0 Å². The fraction of sp³-hybridized carbons (Fsp3) is 0.269. The lowest BCUT2D eigenvalue weighted by Crippen LogP contribution is -2.38. The lowest BCUT2D eigenvalue weighted by atomic mass is 10.2. The molecule has 4 rings (SSSR count). The highest BCUT2D eigenvalue weighted by atomic mass is 35.5. The molecule has 3 aromatic carbocycles. The molecule has 0 spiro atoms.